The van der Waals surface area contributed by atoms with E-state index in [0.717, 1.165) is 5.69 Å². The lowest BCUT2D eigenvalue weighted by Crippen LogP contribution is -2.15. The van der Waals surface area contributed by atoms with E-state index in [0.29, 0.717) is 52.8 Å². The zero-order valence-electron chi connectivity index (χ0n) is 15.1. The molecule has 0 aliphatic carbocycles. The number of phenolic OH excluding ortho intramolecular Hbond substituents is 2. The second-order valence-electron chi connectivity index (χ2n) is 6.60. The maximum Gasteiger partial charge on any atom is 0.164 e. The lowest BCUT2D eigenvalue weighted by atomic mass is 10.1. The van der Waals surface area contributed by atoms with Crippen LogP contribution >= 0.6 is 0 Å². The van der Waals surface area contributed by atoms with Gasteiger partial charge in [-0.2, -0.15) is 0 Å². The Morgan fingerprint density at radius 3 is 2.64 bits per heavy atom. The van der Waals surface area contributed by atoms with E-state index in [4.69, 9.17) is 9.47 Å². The second kappa shape index (κ2) is 6.16. The summed E-state index contributed by atoms with van der Waals surface area (Å²) >= 11 is 0. The minimum absolute atomic E-state index is 0.0290. The standard InChI is InChI=1S/C21H17N3O4/c1-12-9-14(17(26)11-16(12)25)20-23-15-3-2-6-22-21(15)24(20)13-4-5-18-19(10-13)28-8-7-27-18/h2-6,9-11,25-26H,7-8H2,1H3. The maximum atomic E-state index is 10.5. The number of aryl methyl sites for hydroxylation is 1. The van der Waals surface area contributed by atoms with Gasteiger partial charge in [0.05, 0.1) is 11.3 Å². The van der Waals surface area contributed by atoms with Crippen molar-refractivity contribution in [3.63, 3.8) is 0 Å². The monoisotopic (exact) mass is 375 g/mol. The third-order valence-corrected chi connectivity index (χ3v) is 4.76. The molecule has 1 aliphatic rings. The third-order valence-electron chi connectivity index (χ3n) is 4.76. The molecule has 0 spiro atoms. The summed E-state index contributed by atoms with van der Waals surface area (Å²) < 4.78 is 13.2. The number of imidazole rings is 1. The van der Waals surface area contributed by atoms with E-state index in [1.54, 1.807) is 19.2 Å². The fourth-order valence-electron chi connectivity index (χ4n) is 3.37. The van der Waals surface area contributed by atoms with Crippen LogP contribution in [-0.4, -0.2) is 38.0 Å². The number of aromatic nitrogens is 3. The summed E-state index contributed by atoms with van der Waals surface area (Å²) in [7, 11) is 0. The topological polar surface area (TPSA) is 89.6 Å². The summed E-state index contributed by atoms with van der Waals surface area (Å²) in [6.45, 7) is 2.78. The molecule has 28 heavy (non-hydrogen) atoms. The Morgan fingerprint density at radius 2 is 1.79 bits per heavy atom. The molecule has 2 aromatic heterocycles. The molecule has 2 N–H and O–H groups in total. The second-order valence-corrected chi connectivity index (χ2v) is 6.60. The van der Waals surface area contributed by atoms with Gasteiger partial charge in [0.1, 0.15) is 30.2 Å². The first-order valence-corrected chi connectivity index (χ1v) is 8.88. The van der Waals surface area contributed by atoms with Crippen molar-refractivity contribution < 1.29 is 19.7 Å². The number of phenols is 2. The number of rotatable bonds is 2. The Bertz CT molecular complexity index is 1220. The first-order chi connectivity index (χ1) is 13.6. The molecular weight excluding hydrogens is 358 g/mol. The zero-order chi connectivity index (χ0) is 19.3. The van der Waals surface area contributed by atoms with Gasteiger partial charge in [-0.3, -0.25) is 4.57 Å². The van der Waals surface area contributed by atoms with E-state index in [-0.39, 0.29) is 11.5 Å². The van der Waals surface area contributed by atoms with Crippen LogP contribution in [0.5, 0.6) is 23.0 Å². The van der Waals surface area contributed by atoms with E-state index in [1.165, 1.54) is 6.07 Å². The predicted molar refractivity (Wildman–Crippen MR) is 103 cm³/mol. The molecule has 7 nitrogen and oxygen atoms in total. The molecule has 2 aromatic carbocycles. The largest absolute Gasteiger partial charge is 0.508 e. The van der Waals surface area contributed by atoms with Crippen molar-refractivity contribution in [2.24, 2.45) is 0 Å². The van der Waals surface area contributed by atoms with Crippen molar-refractivity contribution in [2.45, 2.75) is 6.92 Å². The Hall–Kier alpha value is -3.74. The molecule has 5 rings (SSSR count). The number of fused-ring (bicyclic) bond motifs is 2. The van der Waals surface area contributed by atoms with Crippen LogP contribution in [-0.2, 0) is 0 Å². The zero-order valence-corrected chi connectivity index (χ0v) is 15.1. The Balaban J connectivity index is 1.79. The predicted octanol–water partition coefficient (Wildman–Crippen LogP) is 3.58. The summed E-state index contributed by atoms with van der Waals surface area (Å²) in [6, 6.07) is 12.3. The average molecular weight is 375 g/mol. The number of nitrogens with zero attached hydrogens (tertiary/aromatic N) is 3. The molecule has 0 saturated heterocycles. The number of aromatic hydroxyl groups is 2. The Labute approximate surface area is 160 Å². The highest BCUT2D eigenvalue weighted by atomic mass is 16.6. The highest BCUT2D eigenvalue weighted by Gasteiger charge is 2.21. The molecule has 0 fully saturated rings. The van der Waals surface area contributed by atoms with E-state index in [9.17, 15) is 10.2 Å². The van der Waals surface area contributed by atoms with Crippen molar-refractivity contribution >= 4 is 11.2 Å². The molecule has 4 aromatic rings. The van der Waals surface area contributed by atoms with E-state index in [2.05, 4.69) is 9.97 Å². The number of benzene rings is 2. The number of hydrogen-bond donors (Lipinski definition) is 2. The summed E-state index contributed by atoms with van der Waals surface area (Å²) in [5.74, 6) is 1.83. The molecule has 0 atom stereocenters. The average Bonchev–Trinajstić information content (AvgIpc) is 3.09. The molecule has 1 aliphatic heterocycles. The van der Waals surface area contributed by atoms with Crippen molar-refractivity contribution in [2.75, 3.05) is 13.2 Å². The molecule has 0 unspecified atom stereocenters. The Morgan fingerprint density at radius 1 is 0.964 bits per heavy atom. The lowest BCUT2D eigenvalue weighted by molar-refractivity contribution is 0.171. The van der Waals surface area contributed by atoms with E-state index < -0.39 is 0 Å². The quantitative estimate of drug-likeness (QED) is 0.557. The van der Waals surface area contributed by atoms with Gasteiger partial charge in [0.2, 0.25) is 0 Å². The van der Waals surface area contributed by atoms with Gasteiger partial charge in [-0.25, -0.2) is 9.97 Å². The molecule has 140 valence electrons. The molecule has 0 saturated carbocycles. The fourth-order valence-corrected chi connectivity index (χ4v) is 3.37. The highest BCUT2D eigenvalue weighted by Crippen LogP contribution is 2.38. The number of hydrogen-bond acceptors (Lipinski definition) is 6. The van der Waals surface area contributed by atoms with Crippen molar-refractivity contribution in [1.29, 1.82) is 0 Å². The van der Waals surface area contributed by atoms with Crippen LogP contribution in [0, 0.1) is 6.92 Å². The van der Waals surface area contributed by atoms with Gasteiger partial charge in [0, 0.05) is 18.3 Å². The van der Waals surface area contributed by atoms with Gasteiger partial charge in [0.25, 0.3) is 0 Å². The first-order valence-electron chi connectivity index (χ1n) is 8.88. The normalized spacial score (nSPS) is 13.0. The molecule has 7 heteroatoms. The van der Waals surface area contributed by atoms with Crippen LogP contribution in [0.3, 0.4) is 0 Å². The molecule has 0 radical (unpaired) electrons. The van der Waals surface area contributed by atoms with Gasteiger partial charge in [-0.15, -0.1) is 0 Å². The van der Waals surface area contributed by atoms with Gasteiger partial charge >= 0.3 is 0 Å². The summed E-state index contributed by atoms with van der Waals surface area (Å²) in [5.41, 5.74) is 3.27. The van der Waals surface area contributed by atoms with Crippen molar-refractivity contribution in [3.8, 4) is 40.1 Å². The molecule has 3 heterocycles. The maximum absolute atomic E-state index is 10.5. The van der Waals surface area contributed by atoms with Crippen LogP contribution in [0.25, 0.3) is 28.2 Å². The fraction of sp³-hybridized carbons (Fsp3) is 0.143. The van der Waals surface area contributed by atoms with Crippen LogP contribution in [0.4, 0.5) is 0 Å². The minimum Gasteiger partial charge on any atom is -0.508 e. The summed E-state index contributed by atoms with van der Waals surface area (Å²) in [4.78, 5) is 9.17. The summed E-state index contributed by atoms with van der Waals surface area (Å²) in [6.07, 6.45) is 1.70. The number of ether oxygens (including phenoxy) is 2. The SMILES string of the molecule is Cc1cc(-c2nc3cccnc3n2-c2ccc3c(c2)OCCO3)c(O)cc1O. The van der Waals surface area contributed by atoms with Gasteiger partial charge in [0.15, 0.2) is 23.0 Å². The molecule has 0 bridgehead atoms. The molecular formula is C21H17N3O4. The van der Waals surface area contributed by atoms with E-state index >= 15 is 0 Å². The molecule has 0 amide bonds. The highest BCUT2D eigenvalue weighted by molar-refractivity contribution is 5.82. The van der Waals surface area contributed by atoms with Crippen molar-refractivity contribution in [1.82, 2.24) is 14.5 Å². The van der Waals surface area contributed by atoms with Gasteiger partial charge < -0.3 is 19.7 Å². The van der Waals surface area contributed by atoms with Crippen LogP contribution in [0.2, 0.25) is 0 Å². The van der Waals surface area contributed by atoms with Crippen LogP contribution < -0.4 is 9.47 Å². The van der Waals surface area contributed by atoms with Gasteiger partial charge in [-0.1, -0.05) is 0 Å². The summed E-state index contributed by atoms with van der Waals surface area (Å²) in [5, 5.41) is 20.4. The minimum atomic E-state index is -0.0581. The van der Waals surface area contributed by atoms with Gasteiger partial charge in [-0.05, 0) is 42.8 Å². The van der Waals surface area contributed by atoms with Crippen molar-refractivity contribution in [3.05, 3.63) is 54.2 Å². The lowest BCUT2D eigenvalue weighted by Gasteiger charge is -2.19. The number of pyridine rings is 1. The smallest absolute Gasteiger partial charge is 0.164 e. The van der Waals surface area contributed by atoms with Crippen LogP contribution in [0.1, 0.15) is 5.56 Å². The van der Waals surface area contributed by atoms with Crippen LogP contribution in [0.15, 0.2) is 48.7 Å². The third kappa shape index (κ3) is 2.51. The van der Waals surface area contributed by atoms with E-state index in [1.807, 2.05) is 34.9 Å². The first kappa shape index (κ1) is 16.4. The Kier molecular flexibility index (Phi) is 3.61.